The van der Waals surface area contributed by atoms with Gasteiger partial charge in [0, 0.05) is 55.3 Å². The smallest absolute Gasteiger partial charge is 0.222 e. The molecule has 1 aromatic heterocycles. The lowest BCUT2D eigenvalue weighted by Crippen LogP contribution is -2.43. The van der Waals surface area contributed by atoms with Gasteiger partial charge in [0.05, 0.1) is 0 Å². The number of thiophene rings is 1. The van der Waals surface area contributed by atoms with Crippen LogP contribution in [0.2, 0.25) is 0 Å². The molecule has 29 heavy (non-hydrogen) atoms. The number of nitrogens with one attached hydrogen (secondary N) is 2. The number of benzene rings is 1. The molecule has 0 bridgehead atoms. The molecular formula is C23H32N4OS. The Kier molecular flexibility index (Phi) is 7.69. The van der Waals surface area contributed by atoms with Crippen molar-refractivity contribution >= 4 is 23.2 Å². The van der Waals surface area contributed by atoms with E-state index in [-0.39, 0.29) is 5.91 Å². The predicted octanol–water partition coefficient (Wildman–Crippen LogP) is 3.52. The highest BCUT2D eigenvalue weighted by molar-refractivity contribution is 7.11. The number of rotatable bonds is 7. The van der Waals surface area contributed by atoms with Gasteiger partial charge in [-0.1, -0.05) is 24.3 Å². The highest BCUT2D eigenvalue weighted by atomic mass is 32.1. The molecule has 0 spiro atoms. The molecule has 0 saturated heterocycles. The van der Waals surface area contributed by atoms with Crippen molar-refractivity contribution in [3.8, 4) is 0 Å². The summed E-state index contributed by atoms with van der Waals surface area (Å²) in [6.45, 7) is 6.61. The van der Waals surface area contributed by atoms with Crippen LogP contribution in [0.1, 0.15) is 40.6 Å². The predicted molar refractivity (Wildman–Crippen MR) is 122 cm³/mol. The van der Waals surface area contributed by atoms with E-state index >= 15 is 0 Å². The van der Waals surface area contributed by atoms with Gasteiger partial charge in [0.15, 0.2) is 5.96 Å². The standard InChI is InChI=1S/C23H32N4OS/c1-17(15-21-11-10-18(2)29-21)26-23(24-3)25-13-6-9-22(28)27-14-12-19-7-4-5-8-20(19)16-27/h4-5,7-8,10-11,17H,6,9,12-16H2,1-3H3,(H2,24,25,26). The molecule has 156 valence electrons. The van der Waals surface area contributed by atoms with Gasteiger partial charge in [-0.05, 0) is 49.9 Å². The van der Waals surface area contributed by atoms with E-state index in [0.29, 0.717) is 12.5 Å². The molecule has 0 aliphatic carbocycles. The van der Waals surface area contributed by atoms with Crippen molar-refractivity contribution in [2.24, 2.45) is 4.99 Å². The van der Waals surface area contributed by atoms with Crippen LogP contribution in [0.4, 0.5) is 0 Å². The number of aryl methyl sites for hydroxylation is 1. The second-order valence-electron chi connectivity index (χ2n) is 7.70. The minimum Gasteiger partial charge on any atom is -0.356 e. The van der Waals surface area contributed by atoms with Gasteiger partial charge in [0.25, 0.3) is 0 Å². The summed E-state index contributed by atoms with van der Waals surface area (Å²) in [4.78, 5) is 21.6. The largest absolute Gasteiger partial charge is 0.356 e. The first-order valence-electron chi connectivity index (χ1n) is 10.4. The van der Waals surface area contributed by atoms with Crippen LogP contribution in [0.3, 0.4) is 0 Å². The molecular weight excluding hydrogens is 380 g/mol. The normalized spacial score (nSPS) is 15.0. The number of fused-ring (bicyclic) bond motifs is 1. The third-order valence-electron chi connectivity index (χ3n) is 5.25. The van der Waals surface area contributed by atoms with E-state index in [9.17, 15) is 4.79 Å². The molecule has 0 radical (unpaired) electrons. The fourth-order valence-electron chi connectivity index (χ4n) is 3.69. The molecule has 1 aliphatic rings. The van der Waals surface area contributed by atoms with E-state index in [2.05, 4.69) is 65.9 Å². The Labute approximate surface area is 178 Å². The van der Waals surface area contributed by atoms with E-state index in [1.54, 1.807) is 7.05 Å². The van der Waals surface area contributed by atoms with Crippen molar-refractivity contribution in [3.05, 3.63) is 57.3 Å². The Hall–Kier alpha value is -2.34. The van der Waals surface area contributed by atoms with Crippen molar-refractivity contribution in [1.29, 1.82) is 0 Å². The quantitative estimate of drug-likeness (QED) is 0.416. The highest BCUT2D eigenvalue weighted by Gasteiger charge is 2.19. The summed E-state index contributed by atoms with van der Waals surface area (Å²) in [5.41, 5.74) is 2.66. The van der Waals surface area contributed by atoms with Crippen LogP contribution in [0, 0.1) is 6.92 Å². The van der Waals surface area contributed by atoms with Gasteiger partial charge in [-0.25, -0.2) is 0 Å². The monoisotopic (exact) mass is 412 g/mol. The van der Waals surface area contributed by atoms with Crippen LogP contribution >= 0.6 is 11.3 Å². The van der Waals surface area contributed by atoms with E-state index < -0.39 is 0 Å². The minimum absolute atomic E-state index is 0.241. The zero-order chi connectivity index (χ0) is 20.6. The maximum Gasteiger partial charge on any atom is 0.222 e. The fourth-order valence-corrected chi connectivity index (χ4v) is 4.71. The zero-order valence-electron chi connectivity index (χ0n) is 17.7. The summed E-state index contributed by atoms with van der Waals surface area (Å²) in [6.07, 6.45) is 3.30. The Balaban J connectivity index is 1.36. The SMILES string of the molecule is CN=C(NCCCC(=O)N1CCc2ccccc2C1)NC(C)Cc1ccc(C)s1. The van der Waals surface area contributed by atoms with Crippen LogP contribution in [0.25, 0.3) is 0 Å². The van der Waals surface area contributed by atoms with Crippen LogP contribution in [-0.2, 0) is 24.2 Å². The van der Waals surface area contributed by atoms with Gasteiger partial charge >= 0.3 is 0 Å². The number of guanidine groups is 1. The van der Waals surface area contributed by atoms with Crippen LogP contribution in [0.5, 0.6) is 0 Å². The summed E-state index contributed by atoms with van der Waals surface area (Å²) < 4.78 is 0. The highest BCUT2D eigenvalue weighted by Crippen LogP contribution is 2.19. The molecule has 1 aliphatic heterocycles. The van der Waals surface area contributed by atoms with E-state index in [4.69, 9.17) is 0 Å². The molecule has 0 fully saturated rings. The number of amides is 1. The number of aliphatic imine (C=N–C) groups is 1. The molecule has 1 unspecified atom stereocenters. The van der Waals surface area contributed by atoms with Crippen LogP contribution < -0.4 is 10.6 Å². The second-order valence-corrected chi connectivity index (χ2v) is 9.07. The molecule has 1 atom stereocenters. The molecule has 6 heteroatoms. The van der Waals surface area contributed by atoms with Crippen molar-refractivity contribution in [2.45, 2.75) is 52.1 Å². The maximum absolute atomic E-state index is 12.6. The molecule has 2 N–H and O–H groups in total. The second kappa shape index (κ2) is 10.4. The molecule has 1 aromatic carbocycles. The lowest BCUT2D eigenvalue weighted by molar-refractivity contribution is -0.132. The fraction of sp³-hybridized carbons (Fsp3) is 0.478. The third-order valence-corrected chi connectivity index (χ3v) is 6.28. The van der Waals surface area contributed by atoms with Gasteiger partial charge in [0.2, 0.25) is 5.91 Å². The Morgan fingerprint density at radius 2 is 2.03 bits per heavy atom. The van der Waals surface area contributed by atoms with Gasteiger partial charge in [-0.3, -0.25) is 9.79 Å². The lowest BCUT2D eigenvalue weighted by Gasteiger charge is -2.29. The van der Waals surface area contributed by atoms with E-state index in [1.807, 2.05) is 16.2 Å². The van der Waals surface area contributed by atoms with E-state index in [1.165, 1.54) is 20.9 Å². The summed E-state index contributed by atoms with van der Waals surface area (Å²) >= 11 is 1.84. The van der Waals surface area contributed by atoms with Crippen molar-refractivity contribution < 1.29 is 4.79 Å². The number of nitrogens with zero attached hydrogens (tertiary/aromatic N) is 2. The number of carbonyl (C=O) groups is 1. The third kappa shape index (κ3) is 6.32. The first-order valence-corrected chi connectivity index (χ1v) is 11.2. The molecule has 2 aromatic rings. The maximum atomic E-state index is 12.6. The Morgan fingerprint density at radius 1 is 1.24 bits per heavy atom. The van der Waals surface area contributed by atoms with Gasteiger partial charge in [-0.2, -0.15) is 0 Å². The van der Waals surface area contributed by atoms with Gasteiger partial charge < -0.3 is 15.5 Å². The first kappa shape index (κ1) is 21.4. The Morgan fingerprint density at radius 3 is 2.76 bits per heavy atom. The number of hydrogen-bond donors (Lipinski definition) is 2. The summed E-state index contributed by atoms with van der Waals surface area (Å²) in [6, 6.07) is 13.1. The van der Waals surface area contributed by atoms with E-state index in [0.717, 1.165) is 44.9 Å². The topological polar surface area (TPSA) is 56.7 Å². The molecule has 3 rings (SSSR count). The van der Waals surface area contributed by atoms with Crippen molar-refractivity contribution in [1.82, 2.24) is 15.5 Å². The Bertz CT molecular complexity index is 845. The van der Waals surface area contributed by atoms with Gasteiger partial charge in [-0.15, -0.1) is 11.3 Å². The summed E-state index contributed by atoms with van der Waals surface area (Å²) in [7, 11) is 1.79. The number of carbonyl (C=O) groups excluding carboxylic acids is 1. The summed E-state index contributed by atoms with van der Waals surface area (Å²) in [5, 5.41) is 6.77. The van der Waals surface area contributed by atoms with Crippen molar-refractivity contribution in [3.63, 3.8) is 0 Å². The lowest BCUT2D eigenvalue weighted by atomic mass is 9.99. The molecule has 0 saturated carbocycles. The number of hydrogen-bond acceptors (Lipinski definition) is 3. The molecule has 5 nitrogen and oxygen atoms in total. The zero-order valence-corrected chi connectivity index (χ0v) is 18.5. The van der Waals surface area contributed by atoms with Crippen LogP contribution in [0.15, 0.2) is 41.4 Å². The molecule has 1 amide bonds. The summed E-state index contributed by atoms with van der Waals surface area (Å²) in [5.74, 6) is 1.04. The first-order chi connectivity index (χ1) is 14.0. The van der Waals surface area contributed by atoms with Crippen molar-refractivity contribution in [2.75, 3.05) is 20.1 Å². The minimum atomic E-state index is 0.241. The average molecular weight is 413 g/mol. The molecule has 2 heterocycles. The van der Waals surface area contributed by atoms with Gasteiger partial charge in [0.1, 0.15) is 0 Å². The van der Waals surface area contributed by atoms with Crippen LogP contribution in [-0.4, -0.2) is 42.9 Å². The average Bonchev–Trinajstić information content (AvgIpc) is 3.14.